The second-order valence-corrected chi connectivity index (χ2v) is 5.91. The summed E-state index contributed by atoms with van der Waals surface area (Å²) in [6.07, 6.45) is 0.0486. The number of tetrazole rings is 1. The largest absolute Gasteiger partial charge is 0.497 e. The molecule has 0 bridgehead atoms. The molecule has 0 unspecified atom stereocenters. The Morgan fingerprint density at radius 2 is 2.13 bits per heavy atom. The predicted molar refractivity (Wildman–Crippen MR) is 85.4 cm³/mol. The summed E-state index contributed by atoms with van der Waals surface area (Å²) in [6.45, 7) is 1.96. The molecule has 0 atom stereocenters. The highest BCUT2D eigenvalue weighted by atomic mass is 32.1. The summed E-state index contributed by atoms with van der Waals surface area (Å²) in [5.74, 6) is 0.892. The van der Waals surface area contributed by atoms with Crippen molar-refractivity contribution in [3.05, 3.63) is 35.0 Å². The van der Waals surface area contributed by atoms with Gasteiger partial charge in [-0.1, -0.05) is 5.21 Å². The van der Waals surface area contributed by atoms with Crippen molar-refractivity contribution in [2.24, 2.45) is 0 Å². The molecular weight excluding hydrogens is 316 g/mol. The summed E-state index contributed by atoms with van der Waals surface area (Å²) in [5.41, 5.74) is 1.81. The number of rotatable bonds is 5. The number of methoxy groups -OCH3 is 1. The van der Waals surface area contributed by atoms with Crippen LogP contribution in [0.15, 0.2) is 24.3 Å². The van der Waals surface area contributed by atoms with Gasteiger partial charge in [-0.3, -0.25) is 4.79 Å². The van der Waals surface area contributed by atoms with E-state index in [1.165, 1.54) is 11.3 Å². The van der Waals surface area contributed by atoms with Crippen LogP contribution >= 0.6 is 11.3 Å². The van der Waals surface area contributed by atoms with Gasteiger partial charge < -0.3 is 10.1 Å². The molecule has 1 aromatic carbocycles. The van der Waals surface area contributed by atoms with E-state index in [4.69, 9.17) is 4.74 Å². The number of nitrogens with one attached hydrogen (secondary N) is 2. The van der Waals surface area contributed by atoms with Crippen LogP contribution in [0.4, 0.5) is 5.13 Å². The van der Waals surface area contributed by atoms with Gasteiger partial charge in [0.25, 0.3) is 0 Å². The Morgan fingerprint density at radius 1 is 1.35 bits per heavy atom. The fourth-order valence-electron chi connectivity index (χ4n) is 2.03. The first kappa shape index (κ1) is 15.1. The van der Waals surface area contributed by atoms with Crippen molar-refractivity contribution in [2.45, 2.75) is 13.3 Å². The highest BCUT2D eigenvalue weighted by molar-refractivity contribution is 7.16. The summed E-state index contributed by atoms with van der Waals surface area (Å²) in [6, 6.07) is 7.63. The van der Waals surface area contributed by atoms with E-state index in [0.29, 0.717) is 11.0 Å². The Hall–Kier alpha value is -2.81. The number of aromatic nitrogens is 5. The van der Waals surface area contributed by atoms with Crippen molar-refractivity contribution in [1.82, 2.24) is 25.6 Å². The molecule has 0 saturated heterocycles. The van der Waals surface area contributed by atoms with Gasteiger partial charge in [-0.2, -0.15) is 5.21 Å². The molecule has 3 rings (SSSR count). The van der Waals surface area contributed by atoms with Crippen LogP contribution < -0.4 is 10.1 Å². The number of amides is 1. The third kappa shape index (κ3) is 3.51. The molecule has 0 saturated carbocycles. The van der Waals surface area contributed by atoms with E-state index in [1.54, 1.807) is 7.11 Å². The van der Waals surface area contributed by atoms with Gasteiger partial charge in [-0.25, -0.2) is 4.98 Å². The van der Waals surface area contributed by atoms with E-state index in [2.05, 4.69) is 30.9 Å². The van der Waals surface area contributed by atoms with Gasteiger partial charge in [0, 0.05) is 10.4 Å². The fourth-order valence-corrected chi connectivity index (χ4v) is 2.88. The number of carbonyl (C=O) groups is 1. The fraction of sp³-hybridized carbons (Fsp3) is 0.214. The number of aryl methyl sites for hydroxylation is 1. The lowest BCUT2D eigenvalue weighted by atomic mass is 10.1. The highest BCUT2D eigenvalue weighted by Gasteiger charge is 2.13. The Labute approximate surface area is 135 Å². The van der Waals surface area contributed by atoms with Crippen molar-refractivity contribution >= 4 is 22.4 Å². The van der Waals surface area contributed by atoms with Gasteiger partial charge in [-0.05, 0) is 31.2 Å². The van der Waals surface area contributed by atoms with Gasteiger partial charge in [0.2, 0.25) is 5.91 Å². The van der Waals surface area contributed by atoms with E-state index in [1.807, 2.05) is 31.2 Å². The monoisotopic (exact) mass is 330 g/mol. The van der Waals surface area contributed by atoms with Crippen molar-refractivity contribution in [2.75, 3.05) is 12.4 Å². The molecule has 2 N–H and O–H groups in total. The van der Waals surface area contributed by atoms with E-state index < -0.39 is 0 Å². The van der Waals surface area contributed by atoms with Crippen LogP contribution in [0.2, 0.25) is 0 Å². The van der Waals surface area contributed by atoms with Crippen LogP contribution in [-0.4, -0.2) is 38.6 Å². The number of benzene rings is 1. The average molecular weight is 330 g/mol. The SMILES string of the molecule is COc1ccc(-c2nc(NC(=O)Cc3nn[nH]n3)sc2C)cc1. The van der Waals surface area contributed by atoms with Crippen LogP contribution in [0.1, 0.15) is 10.7 Å². The molecule has 8 nitrogen and oxygen atoms in total. The van der Waals surface area contributed by atoms with E-state index in [9.17, 15) is 4.79 Å². The molecular formula is C14H14N6O2S. The Bertz CT molecular complexity index is 797. The summed E-state index contributed by atoms with van der Waals surface area (Å²) >= 11 is 1.42. The molecule has 9 heteroatoms. The smallest absolute Gasteiger partial charge is 0.233 e. The maximum absolute atomic E-state index is 11.9. The third-order valence-electron chi connectivity index (χ3n) is 3.11. The zero-order chi connectivity index (χ0) is 16.2. The van der Waals surface area contributed by atoms with Gasteiger partial charge in [-0.15, -0.1) is 21.5 Å². The van der Waals surface area contributed by atoms with Crippen molar-refractivity contribution in [3.63, 3.8) is 0 Å². The third-order valence-corrected chi connectivity index (χ3v) is 4.00. The number of ether oxygens (including phenoxy) is 1. The minimum atomic E-state index is -0.235. The first-order valence-electron chi connectivity index (χ1n) is 6.79. The molecule has 2 heterocycles. The first-order valence-corrected chi connectivity index (χ1v) is 7.61. The number of H-pyrrole nitrogens is 1. The molecule has 0 spiro atoms. The minimum Gasteiger partial charge on any atom is -0.497 e. The van der Waals surface area contributed by atoms with Crippen LogP contribution in [-0.2, 0) is 11.2 Å². The lowest BCUT2D eigenvalue weighted by Crippen LogP contribution is -2.15. The molecule has 0 fully saturated rings. The van der Waals surface area contributed by atoms with Crippen LogP contribution in [0.25, 0.3) is 11.3 Å². The summed E-state index contributed by atoms with van der Waals surface area (Å²) in [4.78, 5) is 17.4. The zero-order valence-corrected chi connectivity index (χ0v) is 13.3. The predicted octanol–water partition coefficient (Wildman–Crippen LogP) is 1.82. The van der Waals surface area contributed by atoms with Gasteiger partial charge in [0.05, 0.1) is 19.2 Å². The number of carbonyl (C=O) groups excluding carboxylic acids is 1. The molecule has 2 aromatic heterocycles. The molecule has 0 aliphatic carbocycles. The minimum absolute atomic E-state index is 0.0486. The molecule has 0 radical (unpaired) electrons. The molecule has 118 valence electrons. The van der Waals surface area contributed by atoms with E-state index >= 15 is 0 Å². The Kier molecular flexibility index (Phi) is 4.29. The Morgan fingerprint density at radius 3 is 2.78 bits per heavy atom. The zero-order valence-electron chi connectivity index (χ0n) is 12.5. The summed E-state index contributed by atoms with van der Waals surface area (Å²) in [7, 11) is 1.63. The molecule has 0 aliphatic heterocycles. The van der Waals surface area contributed by atoms with Crippen LogP contribution in [0, 0.1) is 6.92 Å². The van der Waals surface area contributed by atoms with Crippen molar-refractivity contribution < 1.29 is 9.53 Å². The second kappa shape index (κ2) is 6.53. The van der Waals surface area contributed by atoms with Crippen LogP contribution in [0.3, 0.4) is 0 Å². The van der Waals surface area contributed by atoms with E-state index in [0.717, 1.165) is 21.9 Å². The van der Waals surface area contributed by atoms with E-state index in [-0.39, 0.29) is 12.3 Å². The number of hydrogen-bond donors (Lipinski definition) is 2. The molecule has 23 heavy (non-hydrogen) atoms. The maximum Gasteiger partial charge on any atom is 0.233 e. The summed E-state index contributed by atoms with van der Waals surface area (Å²) in [5, 5.41) is 16.5. The average Bonchev–Trinajstić information content (AvgIpc) is 3.17. The number of hydrogen-bond acceptors (Lipinski definition) is 7. The summed E-state index contributed by atoms with van der Waals surface area (Å²) < 4.78 is 5.15. The lowest BCUT2D eigenvalue weighted by molar-refractivity contribution is -0.115. The highest BCUT2D eigenvalue weighted by Crippen LogP contribution is 2.31. The van der Waals surface area contributed by atoms with Crippen molar-refractivity contribution in [1.29, 1.82) is 0 Å². The van der Waals surface area contributed by atoms with Gasteiger partial charge in [0.1, 0.15) is 5.75 Å². The van der Waals surface area contributed by atoms with Gasteiger partial charge >= 0.3 is 0 Å². The topological polar surface area (TPSA) is 106 Å². The standard InChI is InChI=1S/C14H14N6O2S/c1-8-13(9-3-5-10(22-2)6-4-9)16-14(23-8)15-12(21)7-11-17-19-20-18-11/h3-6H,7H2,1-2H3,(H,15,16,21)(H,17,18,19,20). The quantitative estimate of drug-likeness (QED) is 0.739. The van der Waals surface area contributed by atoms with Crippen molar-refractivity contribution in [3.8, 4) is 17.0 Å². The normalized spacial score (nSPS) is 10.5. The first-order chi connectivity index (χ1) is 11.2. The molecule has 3 aromatic rings. The van der Waals surface area contributed by atoms with Gasteiger partial charge in [0.15, 0.2) is 11.0 Å². The number of aromatic amines is 1. The second-order valence-electron chi connectivity index (χ2n) is 4.71. The van der Waals surface area contributed by atoms with Crippen LogP contribution in [0.5, 0.6) is 5.75 Å². The molecule has 1 amide bonds. The Balaban J connectivity index is 1.73. The number of nitrogens with zero attached hydrogens (tertiary/aromatic N) is 4. The number of anilines is 1. The maximum atomic E-state index is 11.9. The number of thiazole rings is 1. The molecule has 0 aliphatic rings. The lowest BCUT2D eigenvalue weighted by Gasteiger charge is -2.01.